The molecule has 0 unspecified atom stereocenters. The smallest absolute Gasteiger partial charge is 2.00 e. The monoisotopic (exact) mass is 1860 g/mol. The van der Waals surface area contributed by atoms with Crippen LogP contribution in [0.3, 0.4) is 0 Å². The maximum atomic E-state index is 14.0. The van der Waals surface area contributed by atoms with E-state index in [0.717, 1.165) is 117 Å². The molecule has 0 amide bonds. The van der Waals surface area contributed by atoms with Gasteiger partial charge in [-0.15, -0.1) is 35.7 Å². The standard InChI is InChI=1S/C28H21FN4O.C28H19FN4O.C23H19N3O.C5H3BrFN.FN.O.2Pt/c2*1-18-14-19(2)33(31-18)21-6-5-7-22(16-21)34-23-10-11-25-24-8-3-4-9-26(24)32(27(25)17-23)28-15-20(29)12-13-30-28;1-15-12-16(2)26(25-15)17-6-5-7-18(13-17)27-19-10-11-21-20-8-3-4-9-22(20)24-23(21)14-19;6-5-3-4(7)1-2-8-5;1-2;;;/h3-17H,1-2H3;3-15H,1-2H3;3-14,24H,1-2H3;1-3H;;;;/q;-2;;;;;;+2. The second-order valence-electron chi connectivity index (χ2n) is 24.6. The van der Waals surface area contributed by atoms with E-state index < -0.39 is 18.3 Å². The van der Waals surface area contributed by atoms with Crippen LogP contribution in [0.15, 0.2) is 270 Å². The Morgan fingerprint density at radius 3 is 1.44 bits per heavy atom. The molecule has 1 N–H and O–H groups in total. The fourth-order valence-electron chi connectivity index (χ4n) is 12.8. The van der Waals surface area contributed by atoms with Crippen LogP contribution in [0.4, 0.5) is 17.7 Å². The van der Waals surface area contributed by atoms with Crippen molar-refractivity contribution in [2.45, 2.75) is 41.5 Å². The summed E-state index contributed by atoms with van der Waals surface area (Å²) in [6, 6.07) is 82.8. The fraction of sp³-hybridized carbons (Fsp3) is 0.0714. The number of halogens is 5. The van der Waals surface area contributed by atoms with E-state index in [2.05, 4.69) is 107 Å². The summed E-state index contributed by atoms with van der Waals surface area (Å²) in [5, 5.41) is 20.2. The number of hydrogen-bond acceptors (Lipinski definition) is 11. The molecule has 9 aromatic heterocycles. The third kappa shape index (κ3) is 16.7. The minimum atomic E-state index is -1.69. The zero-order valence-electron chi connectivity index (χ0n) is 58.3. The minimum absolute atomic E-state index is 0. The molecule has 0 atom stereocenters. The van der Waals surface area contributed by atoms with Crippen LogP contribution in [0.25, 0.3) is 94.1 Å². The number of rotatable bonds is 11. The van der Waals surface area contributed by atoms with E-state index in [-0.39, 0.29) is 38.5 Å². The van der Waals surface area contributed by atoms with Crippen LogP contribution in [0.2, 0.25) is 0 Å². The van der Waals surface area contributed by atoms with Crippen LogP contribution in [-0.4, -0.2) is 58.4 Å². The van der Waals surface area contributed by atoms with Gasteiger partial charge in [-0.3, -0.25) is 9.25 Å². The molecule has 0 spiro atoms. The average molecular weight is 1860 g/mol. The van der Waals surface area contributed by atoms with Gasteiger partial charge in [-0.05, 0) is 172 Å². The van der Waals surface area contributed by atoms with E-state index in [9.17, 15) is 17.7 Å². The molecule has 0 bridgehead atoms. The Morgan fingerprint density at radius 2 is 0.880 bits per heavy atom. The van der Waals surface area contributed by atoms with E-state index >= 15 is 0 Å². The number of aromatic nitrogens is 12. The Bertz CT molecular complexity index is 6100. The first-order chi connectivity index (χ1) is 52.0. The maximum Gasteiger partial charge on any atom is 2.00 e. The van der Waals surface area contributed by atoms with Gasteiger partial charge >= 0.3 is 51.0 Å². The number of nitrogens with zero attached hydrogens (tertiary/aromatic N) is 12. The Balaban J connectivity index is 0.000000132. The third-order valence-corrected chi connectivity index (χ3v) is 17.7. The van der Waals surface area contributed by atoms with Crippen molar-refractivity contribution in [1.29, 1.82) is 0 Å². The number of benzene rings is 9. The summed E-state index contributed by atoms with van der Waals surface area (Å²) in [6.07, 6.45) is 4.35. The number of para-hydroxylation sites is 3. The van der Waals surface area contributed by atoms with Crippen LogP contribution in [0, 0.1) is 71.1 Å². The molecule has 0 saturated heterocycles. The van der Waals surface area contributed by atoms with Crippen molar-refractivity contribution >= 4 is 81.3 Å². The molecule has 0 fully saturated rings. The number of H-pyrrole nitrogens is 1. The van der Waals surface area contributed by atoms with Gasteiger partial charge in [0.15, 0.2) is 0 Å². The number of aryl methyl sites for hydroxylation is 6. The van der Waals surface area contributed by atoms with Crippen LogP contribution in [0.1, 0.15) is 34.2 Å². The molecule has 9 heterocycles. The van der Waals surface area contributed by atoms with E-state index in [1.165, 1.54) is 65.8 Å². The molecular formula is C84H62BrF4N13O4Pt2. The molecule has 0 aliphatic rings. The van der Waals surface area contributed by atoms with Gasteiger partial charge < -0.3 is 23.8 Å². The first-order valence-corrected chi connectivity index (χ1v) is 36.1. The largest absolute Gasteiger partial charge is 2.00 e. The molecule has 0 radical (unpaired) electrons. The molecule has 542 valence electrons. The van der Waals surface area contributed by atoms with Crippen molar-refractivity contribution in [2.24, 2.45) is 3.72 Å². The van der Waals surface area contributed by atoms with Crippen molar-refractivity contribution < 1.29 is 74.7 Å². The summed E-state index contributed by atoms with van der Waals surface area (Å²) < 4.78 is 89.5. The molecule has 18 rings (SSSR count). The van der Waals surface area contributed by atoms with Gasteiger partial charge in [0, 0.05) is 122 Å². The van der Waals surface area contributed by atoms with E-state index in [0.29, 0.717) is 39.2 Å². The Morgan fingerprint density at radius 1 is 0.417 bits per heavy atom. The van der Waals surface area contributed by atoms with Gasteiger partial charge in [0.05, 0.1) is 45.0 Å². The summed E-state index contributed by atoms with van der Waals surface area (Å²) in [5.41, 5.74) is 14.5. The number of hydrogen-bond donors (Lipinski definition) is 1. The van der Waals surface area contributed by atoms with Crippen molar-refractivity contribution in [3.05, 3.63) is 330 Å². The normalized spacial score (nSPS) is 11.0. The number of pyridine rings is 3. The summed E-state index contributed by atoms with van der Waals surface area (Å²) in [6.45, 7) is 12.0. The molecule has 0 aliphatic carbocycles. The van der Waals surface area contributed by atoms with Gasteiger partial charge in [-0.2, -0.15) is 27.4 Å². The fourth-order valence-corrected chi connectivity index (χ4v) is 13.1. The molecule has 0 aliphatic heterocycles. The molecule has 24 heteroatoms. The first kappa shape index (κ1) is 74.3. The number of fused-ring (bicyclic) bond motifs is 9. The Kier molecular flexibility index (Phi) is 22.9. The predicted molar refractivity (Wildman–Crippen MR) is 406 cm³/mol. The Labute approximate surface area is 647 Å². The molecule has 17 nitrogen and oxygen atoms in total. The van der Waals surface area contributed by atoms with E-state index in [1.807, 2.05) is 228 Å². The van der Waals surface area contributed by atoms with E-state index in [4.69, 9.17) is 17.6 Å². The van der Waals surface area contributed by atoms with Crippen LogP contribution in [-0.2, 0) is 42.8 Å². The summed E-state index contributed by atoms with van der Waals surface area (Å²) >= 11 is 1.32. The average Bonchev–Trinajstić information content (AvgIpc) is 1.60. The maximum absolute atomic E-state index is 14.0. The molecule has 9 aromatic carbocycles. The van der Waals surface area contributed by atoms with Gasteiger partial charge in [0.2, 0.25) is 0 Å². The third-order valence-electron chi connectivity index (χ3n) is 17.1. The quantitative estimate of drug-likeness (QED) is 0.0745. The van der Waals surface area contributed by atoms with Crippen molar-refractivity contribution in [2.75, 3.05) is 0 Å². The minimum Gasteiger partial charge on any atom is 2.00 e. The van der Waals surface area contributed by atoms with Crippen molar-refractivity contribution in [1.82, 2.24) is 58.4 Å². The van der Waals surface area contributed by atoms with Crippen molar-refractivity contribution in [3.8, 4) is 63.2 Å². The summed E-state index contributed by atoms with van der Waals surface area (Å²) in [7, 11) is 0. The number of ether oxygens (including phenoxy) is 3. The molecule has 108 heavy (non-hydrogen) atoms. The van der Waals surface area contributed by atoms with Gasteiger partial charge in [0.25, 0.3) is 0 Å². The second-order valence-corrected chi connectivity index (χ2v) is 26.2. The molecule has 0 saturated carbocycles. The zero-order chi connectivity index (χ0) is 74.2. The van der Waals surface area contributed by atoms with Crippen LogP contribution >= 0.6 is 15.9 Å². The molecular weight excluding hydrogens is 1800 g/mol. The van der Waals surface area contributed by atoms with Gasteiger partial charge in [0.1, 0.15) is 56.7 Å². The van der Waals surface area contributed by atoms with Crippen LogP contribution < -0.4 is 14.2 Å². The SMILES string of the molecule is Cc1cc(C)n(-c2[c-]c(Oc3[c-]c4c(cc3)c3ccccc3n4-c3cc(F)ccn3)ccc2)n1.Cc1cc(C)n(-c2cccc(Oc3ccc4c(c3)[nH]c3ccccc34)c2)n1.Cc1cc(C)n(-c2cccc(Oc3ccc4c5ccccc5n(-c5cc(F)ccn5)c4c3)c2)n1.Fc1ccnc(Br)c1.[O]=[Pt]=[N]F.[Pt+2]. The summed E-state index contributed by atoms with van der Waals surface area (Å²) in [5.74, 6) is 4.11. The topological polar surface area (TPSA) is 175 Å². The number of aromatic amines is 1. The first-order valence-electron chi connectivity index (χ1n) is 33.4. The number of nitrogens with one attached hydrogen (secondary N) is 1. The van der Waals surface area contributed by atoms with E-state index in [1.54, 1.807) is 3.72 Å². The van der Waals surface area contributed by atoms with Crippen molar-refractivity contribution in [3.63, 3.8) is 0 Å². The predicted octanol–water partition coefficient (Wildman–Crippen LogP) is 21.8. The molecule has 18 aromatic rings. The summed E-state index contributed by atoms with van der Waals surface area (Å²) in [4.78, 5) is 16.0. The van der Waals surface area contributed by atoms with Crippen LogP contribution in [0.5, 0.6) is 34.5 Å². The van der Waals surface area contributed by atoms with Gasteiger partial charge in [-0.1, -0.05) is 72.2 Å². The zero-order valence-corrected chi connectivity index (χ0v) is 64.5. The second kappa shape index (κ2) is 33.2. The Hall–Kier alpha value is -12.0. The van der Waals surface area contributed by atoms with Gasteiger partial charge in [-0.25, -0.2) is 37.5 Å².